The normalized spacial score (nSPS) is 12.9. The van der Waals surface area contributed by atoms with Crippen molar-refractivity contribution in [2.24, 2.45) is 5.92 Å². The van der Waals surface area contributed by atoms with Crippen molar-refractivity contribution in [3.05, 3.63) is 0 Å². The van der Waals surface area contributed by atoms with Gasteiger partial charge in [0.05, 0.1) is 0 Å². The number of unbranched alkanes of at least 4 members (excludes halogenated alkanes) is 7. The topological polar surface area (TPSA) is 0 Å². The molecule has 0 spiro atoms. The molecule has 0 rings (SSSR count). The minimum atomic E-state index is 0.953. The van der Waals surface area contributed by atoms with Crippen molar-refractivity contribution >= 4 is 15.9 Å². The number of halogens is 1. The predicted octanol–water partition coefficient (Wildman–Crippen LogP) is 6.33. The second kappa shape index (κ2) is 13.5. The van der Waals surface area contributed by atoms with Crippen LogP contribution in [0.5, 0.6) is 0 Å². The molecule has 98 valence electrons. The summed E-state index contributed by atoms with van der Waals surface area (Å²) < 4.78 is 0. The van der Waals surface area contributed by atoms with Crippen LogP contribution in [0.25, 0.3) is 0 Å². The SMILES string of the molecule is CCCCCCCCCC(C)CCCCBr. The fourth-order valence-electron chi connectivity index (χ4n) is 2.18. The highest BCUT2D eigenvalue weighted by Crippen LogP contribution is 2.17. The highest BCUT2D eigenvalue weighted by Gasteiger charge is 2.01. The molecule has 0 heterocycles. The summed E-state index contributed by atoms with van der Waals surface area (Å²) in [5.41, 5.74) is 0. The van der Waals surface area contributed by atoms with Gasteiger partial charge >= 0.3 is 0 Å². The molecule has 0 fully saturated rings. The molecule has 0 aromatic rings. The van der Waals surface area contributed by atoms with Gasteiger partial charge in [-0.3, -0.25) is 0 Å². The van der Waals surface area contributed by atoms with Gasteiger partial charge < -0.3 is 0 Å². The second-order valence-corrected chi connectivity index (χ2v) is 5.99. The van der Waals surface area contributed by atoms with Crippen molar-refractivity contribution in [2.45, 2.75) is 84.5 Å². The Balaban J connectivity index is 3.06. The van der Waals surface area contributed by atoms with E-state index in [0.717, 1.165) is 5.92 Å². The van der Waals surface area contributed by atoms with Gasteiger partial charge in [-0.05, 0) is 12.3 Å². The fraction of sp³-hybridized carbons (Fsp3) is 1.00. The quantitative estimate of drug-likeness (QED) is 0.291. The molecule has 0 amide bonds. The van der Waals surface area contributed by atoms with E-state index in [1.165, 1.54) is 76.0 Å². The summed E-state index contributed by atoms with van der Waals surface area (Å²) in [7, 11) is 0. The van der Waals surface area contributed by atoms with Crippen molar-refractivity contribution in [3.8, 4) is 0 Å². The zero-order valence-corrected chi connectivity index (χ0v) is 13.0. The zero-order valence-electron chi connectivity index (χ0n) is 11.4. The molecule has 16 heavy (non-hydrogen) atoms. The Labute approximate surface area is 112 Å². The van der Waals surface area contributed by atoms with Crippen LogP contribution in [0.15, 0.2) is 0 Å². The number of hydrogen-bond acceptors (Lipinski definition) is 0. The van der Waals surface area contributed by atoms with Gasteiger partial charge in [0.1, 0.15) is 0 Å². The molecule has 0 saturated heterocycles. The molecule has 0 N–H and O–H groups in total. The molecule has 0 aromatic heterocycles. The first kappa shape index (κ1) is 16.5. The molecule has 1 unspecified atom stereocenters. The first-order chi connectivity index (χ1) is 7.81. The van der Waals surface area contributed by atoms with Crippen molar-refractivity contribution in [2.75, 3.05) is 5.33 Å². The lowest BCUT2D eigenvalue weighted by Gasteiger charge is -2.10. The van der Waals surface area contributed by atoms with E-state index in [0.29, 0.717) is 0 Å². The Morgan fingerprint density at radius 3 is 1.81 bits per heavy atom. The van der Waals surface area contributed by atoms with Crippen LogP contribution < -0.4 is 0 Å². The zero-order chi connectivity index (χ0) is 12.1. The van der Waals surface area contributed by atoms with Crippen LogP contribution in [-0.2, 0) is 0 Å². The van der Waals surface area contributed by atoms with Gasteiger partial charge in [-0.15, -0.1) is 0 Å². The van der Waals surface area contributed by atoms with E-state index in [1.807, 2.05) is 0 Å². The first-order valence-corrected chi connectivity index (χ1v) is 8.49. The maximum absolute atomic E-state index is 3.49. The molecule has 0 aliphatic carbocycles. The average molecular weight is 291 g/mol. The van der Waals surface area contributed by atoms with Gasteiger partial charge in [0.2, 0.25) is 0 Å². The minimum Gasteiger partial charge on any atom is -0.0928 e. The molecule has 0 bridgehead atoms. The van der Waals surface area contributed by atoms with Gasteiger partial charge in [-0.2, -0.15) is 0 Å². The third kappa shape index (κ3) is 12.5. The Bertz CT molecular complexity index is 123. The van der Waals surface area contributed by atoms with E-state index in [4.69, 9.17) is 0 Å². The van der Waals surface area contributed by atoms with Crippen LogP contribution in [0.4, 0.5) is 0 Å². The molecule has 0 aliphatic heterocycles. The van der Waals surface area contributed by atoms with Crippen molar-refractivity contribution in [1.82, 2.24) is 0 Å². The Hall–Kier alpha value is 0.480. The van der Waals surface area contributed by atoms with E-state index in [9.17, 15) is 0 Å². The fourth-order valence-corrected chi connectivity index (χ4v) is 2.58. The van der Waals surface area contributed by atoms with Crippen LogP contribution in [0, 0.1) is 5.92 Å². The molecular formula is C15H31Br. The molecule has 0 aliphatic rings. The molecule has 0 radical (unpaired) electrons. The van der Waals surface area contributed by atoms with Gasteiger partial charge in [0.15, 0.2) is 0 Å². The molecule has 0 aromatic carbocycles. The molecule has 1 atom stereocenters. The maximum Gasteiger partial charge on any atom is 0.00313 e. The van der Waals surface area contributed by atoms with Gasteiger partial charge in [-0.1, -0.05) is 94.0 Å². The summed E-state index contributed by atoms with van der Waals surface area (Å²) in [5.74, 6) is 0.953. The summed E-state index contributed by atoms with van der Waals surface area (Å²) in [6.45, 7) is 4.71. The Morgan fingerprint density at radius 1 is 0.750 bits per heavy atom. The standard InChI is InChI=1S/C15H31Br/c1-3-4-5-6-7-8-9-12-15(2)13-10-11-14-16/h15H,3-14H2,1-2H3. The highest BCUT2D eigenvalue weighted by molar-refractivity contribution is 9.09. The number of hydrogen-bond donors (Lipinski definition) is 0. The summed E-state index contributed by atoms with van der Waals surface area (Å²) in [5, 5.41) is 1.18. The third-order valence-electron chi connectivity index (χ3n) is 3.38. The minimum absolute atomic E-state index is 0.953. The molecular weight excluding hydrogens is 260 g/mol. The van der Waals surface area contributed by atoms with E-state index in [1.54, 1.807) is 0 Å². The van der Waals surface area contributed by atoms with Crippen LogP contribution >= 0.6 is 15.9 Å². The second-order valence-electron chi connectivity index (χ2n) is 5.20. The average Bonchev–Trinajstić information content (AvgIpc) is 2.28. The Morgan fingerprint density at radius 2 is 1.25 bits per heavy atom. The maximum atomic E-state index is 3.49. The first-order valence-electron chi connectivity index (χ1n) is 7.37. The monoisotopic (exact) mass is 290 g/mol. The van der Waals surface area contributed by atoms with Gasteiger partial charge in [0, 0.05) is 5.33 Å². The lowest BCUT2D eigenvalue weighted by Crippen LogP contribution is -1.95. The van der Waals surface area contributed by atoms with Crippen LogP contribution in [0.3, 0.4) is 0 Å². The summed E-state index contributed by atoms with van der Waals surface area (Å²) in [4.78, 5) is 0. The summed E-state index contributed by atoms with van der Waals surface area (Å²) in [6, 6.07) is 0. The summed E-state index contributed by atoms with van der Waals surface area (Å²) >= 11 is 3.49. The van der Waals surface area contributed by atoms with Crippen LogP contribution in [0.1, 0.15) is 84.5 Å². The van der Waals surface area contributed by atoms with E-state index in [2.05, 4.69) is 29.8 Å². The van der Waals surface area contributed by atoms with E-state index >= 15 is 0 Å². The predicted molar refractivity (Wildman–Crippen MR) is 79.4 cm³/mol. The van der Waals surface area contributed by atoms with Gasteiger partial charge in [-0.25, -0.2) is 0 Å². The largest absolute Gasteiger partial charge is 0.0928 e. The lowest BCUT2D eigenvalue weighted by atomic mass is 9.97. The van der Waals surface area contributed by atoms with Crippen molar-refractivity contribution < 1.29 is 0 Å². The molecule has 0 saturated carbocycles. The highest BCUT2D eigenvalue weighted by atomic mass is 79.9. The van der Waals surface area contributed by atoms with Crippen LogP contribution in [0.2, 0.25) is 0 Å². The Kier molecular flexibility index (Phi) is 14.0. The van der Waals surface area contributed by atoms with Crippen LogP contribution in [-0.4, -0.2) is 5.33 Å². The molecule has 1 heteroatoms. The van der Waals surface area contributed by atoms with Crippen molar-refractivity contribution in [3.63, 3.8) is 0 Å². The lowest BCUT2D eigenvalue weighted by molar-refractivity contribution is 0.442. The van der Waals surface area contributed by atoms with E-state index < -0.39 is 0 Å². The van der Waals surface area contributed by atoms with E-state index in [-0.39, 0.29) is 0 Å². The van der Waals surface area contributed by atoms with Gasteiger partial charge in [0.25, 0.3) is 0 Å². The molecule has 0 nitrogen and oxygen atoms in total. The third-order valence-corrected chi connectivity index (χ3v) is 3.94. The number of alkyl halides is 1. The smallest absolute Gasteiger partial charge is 0.00313 e. The number of rotatable bonds is 12. The summed E-state index contributed by atoms with van der Waals surface area (Å²) in [6.07, 6.45) is 15.8. The van der Waals surface area contributed by atoms with Crippen molar-refractivity contribution in [1.29, 1.82) is 0 Å².